The van der Waals surface area contributed by atoms with Crippen molar-refractivity contribution in [2.75, 3.05) is 31.7 Å². The van der Waals surface area contributed by atoms with E-state index in [0.29, 0.717) is 12.0 Å². The number of hydrogen-bond donors (Lipinski definition) is 1. The Bertz CT molecular complexity index is 374. The van der Waals surface area contributed by atoms with Gasteiger partial charge in [-0.05, 0) is 43.2 Å². The van der Waals surface area contributed by atoms with Gasteiger partial charge in [-0.3, -0.25) is 0 Å². The number of rotatable bonds is 3. The maximum Gasteiger partial charge on any atom is 0.0750 e. The quantitative estimate of drug-likeness (QED) is 0.907. The predicted molar refractivity (Wildman–Crippen MR) is 76.5 cm³/mol. The molecule has 0 aromatic heterocycles. The maximum absolute atomic E-state index is 6.12. The van der Waals surface area contributed by atoms with E-state index in [1.165, 1.54) is 11.3 Å². The van der Waals surface area contributed by atoms with E-state index in [-0.39, 0.29) is 0 Å². The van der Waals surface area contributed by atoms with Gasteiger partial charge in [0.25, 0.3) is 0 Å². The highest BCUT2D eigenvalue weighted by atomic mass is 16.5. The zero-order valence-corrected chi connectivity index (χ0v) is 11.4. The molecule has 0 radical (unpaired) electrons. The van der Waals surface area contributed by atoms with E-state index in [2.05, 4.69) is 29.6 Å². The molecule has 0 saturated carbocycles. The average Bonchev–Trinajstić information content (AvgIpc) is 2.69. The zero-order chi connectivity index (χ0) is 12.9. The number of benzene rings is 1. The lowest BCUT2D eigenvalue weighted by molar-refractivity contribution is -0.00840. The number of fused-ring (bicyclic) bond motifs is 1. The Labute approximate surface area is 115 Å². The smallest absolute Gasteiger partial charge is 0.0750 e. The van der Waals surface area contributed by atoms with Crippen molar-refractivity contribution >= 4 is 5.69 Å². The van der Waals surface area contributed by atoms with Crippen LogP contribution in [0.2, 0.25) is 0 Å². The standard InChI is InChI=1S/C16H23NO2/c1-2-4-16-14(3-1)5-6-15(11-17-16)19-12-13-7-9-18-10-8-13/h1-4,13,15,17H,5-12H2. The Kier molecular flexibility index (Phi) is 4.36. The van der Waals surface area contributed by atoms with Gasteiger partial charge in [0.2, 0.25) is 0 Å². The summed E-state index contributed by atoms with van der Waals surface area (Å²) >= 11 is 0. The van der Waals surface area contributed by atoms with Crippen LogP contribution in [0, 0.1) is 5.92 Å². The Balaban J connectivity index is 1.48. The van der Waals surface area contributed by atoms with E-state index >= 15 is 0 Å². The predicted octanol–water partition coefficient (Wildman–Crippen LogP) is 2.86. The fraction of sp³-hybridized carbons (Fsp3) is 0.625. The zero-order valence-electron chi connectivity index (χ0n) is 11.4. The lowest BCUT2D eigenvalue weighted by Gasteiger charge is -2.24. The largest absolute Gasteiger partial charge is 0.382 e. The molecule has 1 atom stereocenters. The molecular formula is C16H23NO2. The van der Waals surface area contributed by atoms with Crippen molar-refractivity contribution in [2.24, 2.45) is 5.92 Å². The van der Waals surface area contributed by atoms with E-state index in [4.69, 9.17) is 9.47 Å². The maximum atomic E-state index is 6.12. The summed E-state index contributed by atoms with van der Waals surface area (Å²) < 4.78 is 11.5. The monoisotopic (exact) mass is 261 g/mol. The fourth-order valence-corrected chi connectivity index (χ4v) is 2.88. The van der Waals surface area contributed by atoms with Gasteiger partial charge in [0.15, 0.2) is 0 Å². The Morgan fingerprint density at radius 2 is 2.00 bits per heavy atom. The molecule has 19 heavy (non-hydrogen) atoms. The van der Waals surface area contributed by atoms with Crippen LogP contribution in [0.5, 0.6) is 0 Å². The molecule has 0 bridgehead atoms. The minimum atomic E-state index is 0.343. The van der Waals surface area contributed by atoms with Gasteiger partial charge < -0.3 is 14.8 Å². The van der Waals surface area contributed by atoms with Gasteiger partial charge in [-0.1, -0.05) is 18.2 Å². The third kappa shape index (κ3) is 3.48. The Hall–Kier alpha value is -1.06. The first-order chi connectivity index (χ1) is 9.42. The molecule has 1 aromatic rings. The molecule has 1 saturated heterocycles. The molecule has 2 heterocycles. The van der Waals surface area contributed by atoms with E-state index < -0.39 is 0 Å². The van der Waals surface area contributed by atoms with Crippen molar-refractivity contribution in [3.05, 3.63) is 29.8 Å². The van der Waals surface area contributed by atoms with Crippen LogP contribution in [-0.2, 0) is 15.9 Å². The highest BCUT2D eigenvalue weighted by Gasteiger charge is 2.19. The van der Waals surface area contributed by atoms with Crippen LogP contribution >= 0.6 is 0 Å². The molecule has 3 nitrogen and oxygen atoms in total. The number of aryl methyl sites for hydroxylation is 1. The van der Waals surface area contributed by atoms with Crippen LogP contribution in [0.25, 0.3) is 0 Å². The van der Waals surface area contributed by atoms with Gasteiger partial charge in [-0.15, -0.1) is 0 Å². The lowest BCUT2D eigenvalue weighted by Crippen LogP contribution is -2.27. The van der Waals surface area contributed by atoms with Crippen LogP contribution in [-0.4, -0.2) is 32.5 Å². The van der Waals surface area contributed by atoms with Crippen molar-refractivity contribution in [3.63, 3.8) is 0 Å². The molecule has 3 rings (SSSR count). The third-order valence-corrected chi connectivity index (χ3v) is 4.18. The van der Waals surface area contributed by atoms with Gasteiger partial charge in [0.05, 0.1) is 12.7 Å². The topological polar surface area (TPSA) is 30.5 Å². The Morgan fingerprint density at radius 1 is 1.16 bits per heavy atom. The second kappa shape index (κ2) is 6.40. The molecule has 1 N–H and O–H groups in total. The summed E-state index contributed by atoms with van der Waals surface area (Å²) in [6.07, 6.45) is 4.88. The van der Waals surface area contributed by atoms with Crippen LogP contribution in [0.15, 0.2) is 24.3 Å². The first-order valence-corrected chi connectivity index (χ1v) is 7.43. The SMILES string of the molecule is c1ccc2c(c1)CCC(OCC1CCOCC1)CN2. The van der Waals surface area contributed by atoms with Crippen molar-refractivity contribution in [2.45, 2.75) is 31.8 Å². The minimum absolute atomic E-state index is 0.343. The molecule has 0 amide bonds. The summed E-state index contributed by atoms with van der Waals surface area (Å²) in [5.74, 6) is 0.694. The Morgan fingerprint density at radius 3 is 2.89 bits per heavy atom. The highest BCUT2D eigenvalue weighted by molar-refractivity contribution is 5.51. The molecule has 1 unspecified atom stereocenters. The molecular weight excluding hydrogens is 238 g/mol. The second-order valence-corrected chi connectivity index (χ2v) is 5.59. The number of ether oxygens (including phenoxy) is 2. The normalized spacial score (nSPS) is 24.3. The first-order valence-electron chi connectivity index (χ1n) is 7.43. The minimum Gasteiger partial charge on any atom is -0.382 e. The first kappa shape index (κ1) is 12.9. The summed E-state index contributed by atoms with van der Waals surface area (Å²) in [7, 11) is 0. The van der Waals surface area contributed by atoms with Crippen molar-refractivity contribution in [3.8, 4) is 0 Å². The molecule has 0 spiro atoms. The molecule has 2 aliphatic rings. The summed E-state index contributed by atoms with van der Waals surface area (Å²) in [5.41, 5.74) is 2.69. The summed E-state index contributed by atoms with van der Waals surface area (Å²) in [6.45, 7) is 3.64. The number of hydrogen-bond acceptors (Lipinski definition) is 3. The third-order valence-electron chi connectivity index (χ3n) is 4.18. The van der Waals surface area contributed by atoms with Crippen LogP contribution < -0.4 is 5.32 Å². The van der Waals surface area contributed by atoms with Crippen molar-refractivity contribution in [1.82, 2.24) is 0 Å². The van der Waals surface area contributed by atoms with Crippen LogP contribution in [0.3, 0.4) is 0 Å². The summed E-state index contributed by atoms with van der Waals surface area (Å²) in [4.78, 5) is 0. The van der Waals surface area contributed by atoms with Gasteiger partial charge in [0, 0.05) is 25.4 Å². The second-order valence-electron chi connectivity index (χ2n) is 5.59. The van der Waals surface area contributed by atoms with Crippen LogP contribution in [0.4, 0.5) is 5.69 Å². The number of nitrogens with one attached hydrogen (secondary N) is 1. The average molecular weight is 261 g/mol. The molecule has 104 valence electrons. The van der Waals surface area contributed by atoms with Gasteiger partial charge in [-0.2, -0.15) is 0 Å². The van der Waals surface area contributed by atoms with E-state index in [1.54, 1.807) is 0 Å². The fourth-order valence-electron chi connectivity index (χ4n) is 2.88. The number of anilines is 1. The van der Waals surface area contributed by atoms with E-state index in [1.807, 2.05) is 0 Å². The molecule has 1 aromatic carbocycles. The van der Waals surface area contributed by atoms with Gasteiger partial charge in [-0.25, -0.2) is 0 Å². The molecule has 0 aliphatic carbocycles. The summed E-state index contributed by atoms with van der Waals surface area (Å²) in [6, 6.07) is 8.58. The van der Waals surface area contributed by atoms with Gasteiger partial charge >= 0.3 is 0 Å². The molecule has 1 fully saturated rings. The lowest BCUT2D eigenvalue weighted by atomic mass is 10.0. The summed E-state index contributed by atoms with van der Waals surface area (Å²) in [5, 5.41) is 3.51. The highest BCUT2D eigenvalue weighted by Crippen LogP contribution is 2.23. The van der Waals surface area contributed by atoms with E-state index in [9.17, 15) is 0 Å². The molecule has 2 aliphatic heterocycles. The van der Waals surface area contributed by atoms with Crippen molar-refractivity contribution < 1.29 is 9.47 Å². The van der Waals surface area contributed by atoms with Crippen molar-refractivity contribution in [1.29, 1.82) is 0 Å². The van der Waals surface area contributed by atoms with Crippen LogP contribution in [0.1, 0.15) is 24.8 Å². The van der Waals surface area contributed by atoms with Gasteiger partial charge in [0.1, 0.15) is 0 Å². The van der Waals surface area contributed by atoms with E-state index in [0.717, 1.165) is 52.0 Å². The molecule has 3 heteroatoms. The number of para-hydroxylation sites is 1.